The number of carbonyl (C=O) groups is 2. The van der Waals surface area contributed by atoms with Crippen molar-refractivity contribution >= 4 is 58.2 Å². The van der Waals surface area contributed by atoms with E-state index in [4.69, 9.17) is 46.4 Å². The van der Waals surface area contributed by atoms with Crippen LogP contribution in [0, 0.1) is 0 Å². The van der Waals surface area contributed by atoms with Crippen molar-refractivity contribution in [3.05, 3.63) is 0 Å². The van der Waals surface area contributed by atoms with Gasteiger partial charge in [0.25, 0.3) is 11.8 Å². The summed E-state index contributed by atoms with van der Waals surface area (Å²) < 4.78 is 0. The number of rotatable bonds is 7. The topological polar surface area (TPSA) is 58.2 Å². The molecule has 0 rings (SSSR count). The summed E-state index contributed by atoms with van der Waals surface area (Å²) in [6.45, 7) is 0.908. The van der Waals surface area contributed by atoms with E-state index in [1.54, 1.807) is 0 Å². The predicted octanol–water partition coefficient (Wildman–Crippen LogP) is 1.61. The molecular weight excluding hydrogens is 298 g/mol. The van der Waals surface area contributed by atoms with Crippen LogP contribution in [0.2, 0.25) is 0 Å². The molecule has 0 bridgehead atoms. The SMILES string of the molecule is O=C(NCCCCNC(=O)C(Cl)Cl)C(Cl)Cl. The molecule has 0 fully saturated rings. The van der Waals surface area contributed by atoms with Crippen LogP contribution in [0.5, 0.6) is 0 Å². The fraction of sp³-hybridized carbons (Fsp3) is 0.750. The van der Waals surface area contributed by atoms with Crippen molar-refractivity contribution in [3.63, 3.8) is 0 Å². The Morgan fingerprint density at radius 3 is 1.38 bits per heavy atom. The van der Waals surface area contributed by atoms with Crippen LogP contribution in [0.15, 0.2) is 0 Å². The minimum absolute atomic E-state index is 0.422. The predicted molar refractivity (Wildman–Crippen MR) is 66.2 cm³/mol. The highest BCUT2D eigenvalue weighted by Crippen LogP contribution is 2.01. The minimum atomic E-state index is -1.05. The molecule has 0 saturated heterocycles. The summed E-state index contributed by atoms with van der Waals surface area (Å²) in [6.07, 6.45) is 1.39. The second kappa shape index (κ2) is 9.16. The quantitative estimate of drug-likeness (QED) is 0.554. The minimum Gasteiger partial charge on any atom is -0.354 e. The molecule has 0 radical (unpaired) electrons. The highest BCUT2D eigenvalue weighted by Gasteiger charge is 2.10. The van der Waals surface area contributed by atoms with Crippen LogP contribution in [-0.2, 0) is 9.59 Å². The molecule has 94 valence electrons. The van der Waals surface area contributed by atoms with E-state index in [0.29, 0.717) is 25.9 Å². The lowest BCUT2D eigenvalue weighted by Crippen LogP contribution is -2.31. The average Bonchev–Trinajstić information content (AvgIpc) is 2.21. The summed E-state index contributed by atoms with van der Waals surface area (Å²) in [5.41, 5.74) is 0. The first-order valence-electron chi connectivity index (χ1n) is 4.57. The molecule has 8 heteroatoms. The number of carbonyl (C=O) groups excluding carboxylic acids is 2. The van der Waals surface area contributed by atoms with Crippen molar-refractivity contribution in [1.29, 1.82) is 0 Å². The summed E-state index contributed by atoms with van der Waals surface area (Å²) in [5.74, 6) is -0.845. The Bertz CT molecular complexity index is 212. The van der Waals surface area contributed by atoms with Gasteiger partial charge in [-0.3, -0.25) is 9.59 Å². The third kappa shape index (κ3) is 8.28. The third-order valence-corrected chi connectivity index (χ3v) is 2.39. The zero-order valence-corrected chi connectivity index (χ0v) is 11.3. The Kier molecular flexibility index (Phi) is 9.22. The van der Waals surface area contributed by atoms with Gasteiger partial charge in [-0.2, -0.15) is 0 Å². The highest BCUT2D eigenvalue weighted by atomic mass is 35.5. The lowest BCUT2D eigenvalue weighted by molar-refractivity contribution is -0.120. The summed E-state index contributed by atoms with van der Waals surface area (Å²) in [4.78, 5) is 19.7. The average molecular weight is 310 g/mol. The molecule has 0 aliphatic carbocycles. The molecule has 2 N–H and O–H groups in total. The number of hydrogen-bond acceptors (Lipinski definition) is 2. The summed E-state index contributed by atoms with van der Waals surface area (Å²) in [5, 5.41) is 5.05. The van der Waals surface area contributed by atoms with Gasteiger partial charge in [0.15, 0.2) is 9.67 Å². The molecule has 0 unspecified atom stereocenters. The van der Waals surface area contributed by atoms with Crippen LogP contribution < -0.4 is 10.6 Å². The van der Waals surface area contributed by atoms with E-state index in [1.165, 1.54) is 0 Å². The maximum atomic E-state index is 10.9. The monoisotopic (exact) mass is 308 g/mol. The molecule has 0 aromatic heterocycles. The molecule has 16 heavy (non-hydrogen) atoms. The molecule has 0 saturated carbocycles. The van der Waals surface area contributed by atoms with E-state index >= 15 is 0 Å². The molecule has 0 aliphatic heterocycles. The Labute approximate surface area is 114 Å². The molecular formula is C8H12Cl4N2O2. The Morgan fingerprint density at radius 1 is 0.812 bits per heavy atom. The van der Waals surface area contributed by atoms with E-state index < -0.39 is 21.5 Å². The number of hydrogen-bond donors (Lipinski definition) is 2. The van der Waals surface area contributed by atoms with E-state index in [1.807, 2.05) is 0 Å². The zero-order valence-electron chi connectivity index (χ0n) is 8.31. The lowest BCUT2D eigenvalue weighted by atomic mass is 10.3. The first-order chi connectivity index (χ1) is 7.45. The van der Waals surface area contributed by atoms with Gasteiger partial charge in [-0.1, -0.05) is 46.4 Å². The van der Waals surface area contributed by atoms with Crippen LogP contribution >= 0.6 is 46.4 Å². The highest BCUT2D eigenvalue weighted by molar-refractivity contribution is 6.53. The Hall–Kier alpha value is 0.1000. The van der Waals surface area contributed by atoms with Gasteiger partial charge in [-0.25, -0.2) is 0 Å². The lowest BCUT2D eigenvalue weighted by Gasteiger charge is -2.06. The van der Waals surface area contributed by atoms with Crippen LogP contribution in [-0.4, -0.2) is 34.6 Å². The molecule has 0 aliphatic rings. The summed E-state index contributed by atoms with van der Waals surface area (Å²) >= 11 is 21.2. The van der Waals surface area contributed by atoms with Gasteiger partial charge in [0, 0.05) is 13.1 Å². The number of nitrogens with one attached hydrogen (secondary N) is 2. The molecule has 0 spiro atoms. The van der Waals surface area contributed by atoms with Crippen molar-refractivity contribution in [3.8, 4) is 0 Å². The van der Waals surface area contributed by atoms with Crippen LogP contribution in [0.25, 0.3) is 0 Å². The van der Waals surface area contributed by atoms with Gasteiger partial charge in [0.1, 0.15) is 0 Å². The third-order valence-electron chi connectivity index (χ3n) is 1.60. The van der Waals surface area contributed by atoms with Gasteiger partial charge in [-0.15, -0.1) is 0 Å². The van der Waals surface area contributed by atoms with Crippen molar-refractivity contribution in [1.82, 2.24) is 10.6 Å². The van der Waals surface area contributed by atoms with E-state index in [-0.39, 0.29) is 0 Å². The fourth-order valence-electron chi connectivity index (χ4n) is 0.827. The van der Waals surface area contributed by atoms with Crippen LogP contribution in [0.1, 0.15) is 12.8 Å². The molecule has 2 amide bonds. The van der Waals surface area contributed by atoms with E-state index in [2.05, 4.69) is 10.6 Å². The van der Waals surface area contributed by atoms with Gasteiger partial charge < -0.3 is 10.6 Å². The second-order valence-electron chi connectivity index (χ2n) is 2.89. The van der Waals surface area contributed by atoms with Crippen molar-refractivity contribution in [2.24, 2.45) is 0 Å². The number of amides is 2. The number of halogens is 4. The van der Waals surface area contributed by atoms with Crippen molar-refractivity contribution in [2.75, 3.05) is 13.1 Å². The van der Waals surface area contributed by atoms with Crippen LogP contribution in [0.3, 0.4) is 0 Å². The van der Waals surface area contributed by atoms with Gasteiger partial charge in [0.05, 0.1) is 0 Å². The van der Waals surface area contributed by atoms with Gasteiger partial charge >= 0.3 is 0 Å². The number of unbranched alkanes of at least 4 members (excludes halogenated alkanes) is 1. The normalized spacial score (nSPS) is 10.6. The first kappa shape index (κ1) is 16.1. The van der Waals surface area contributed by atoms with E-state index in [9.17, 15) is 9.59 Å². The molecule has 0 atom stereocenters. The second-order valence-corrected chi connectivity index (χ2v) is 5.08. The maximum Gasteiger partial charge on any atom is 0.253 e. The molecule has 0 aromatic carbocycles. The smallest absolute Gasteiger partial charge is 0.253 e. The largest absolute Gasteiger partial charge is 0.354 e. The standard InChI is InChI=1S/C8H12Cl4N2O2/c9-5(10)7(15)13-3-1-2-4-14-8(16)6(11)12/h5-6H,1-4H2,(H,13,15)(H,14,16). The summed E-state index contributed by atoms with van der Waals surface area (Å²) in [6, 6.07) is 0. The van der Waals surface area contributed by atoms with Crippen LogP contribution in [0.4, 0.5) is 0 Å². The summed E-state index contributed by atoms with van der Waals surface area (Å²) in [7, 11) is 0. The van der Waals surface area contributed by atoms with Crippen molar-refractivity contribution in [2.45, 2.75) is 22.5 Å². The van der Waals surface area contributed by atoms with Crippen molar-refractivity contribution < 1.29 is 9.59 Å². The van der Waals surface area contributed by atoms with E-state index in [0.717, 1.165) is 0 Å². The Balaban J connectivity index is 3.35. The number of alkyl halides is 4. The molecule has 0 heterocycles. The fourth-order valence-corrected chi connectivity index (χ4v) is 1.14. The molecule has 0 aromatic rings. The molecule has 4 nitrogen and oxygen atoms in total. The maximum absolute atomic E-state index is 10.9. The zero-order chi connectivity index (χ0) is 12.6. The van der Waals surface area contributed by atoms with Gasteiger partial charge in [0.2, 0.25) is 0 Å². The van der Waals surface area contributed by atoms with Gasteiger partial charge in [-0.05, 0) is 12.8 Å². The Morgan fingerprint density at radius 2 is 1.12 bits per heavy atom. The first-order valence-corrected chi connectivity index (χ1v) is 6.31.